The van der Waals surface area contributed by atoms with Crippen LogP contribution in [0, 0.1) is 0 Å². The minimum Gasteiger partial charge on any atom is -0.458 e. The van der Waals surface area contributed by atoms with E-state index in [9.17, 15) is 4.79 Å². The zero-order valence-corrected chi connectivity index (χ0v) is 14.8. The van der Waals surface area contributed by atoms with Crippen LogP contribution in [0.2, 0.25) is 0 Å². The molecule has 2 aromatic carbocycles. The van der Waals surface area contributed by atoms with Crippen molar-refractivity contribution in [2.45, 2.75) is 45.8 Å². The second-order valence-corrected chi connectivity index (χ2v) is 6.67. The van der Waals surface area contributed by atoms with Crippen molar-refractivity contribution in [3.8, 4) is 0 Å². The molecule has 0 N–H and O–H groups in total. The number of nitrogens with zero attached hydrogens (tertiary/aromatic N) is 1. The van der Waals surface area contributed by atoms with Gasteiger partial charge in [0.15, 0.2) is 0 Å². The van der Waals surface area contributed by atoms with Crippen molar-refractivity contribution in [1.29, 1.82) is 0 Å². The summed E-state index contributed by atoms with van der Waals surface area (Å²) in [4.78, 5) is 17.2. The van der Waals surface area contributed by atoms with E-state index in [1.807, 2.05) is 88.4 Å². The van der Waals surface area contributed by atoms with Crippen LogP contribution in [-0.4, -0.2) is 23.3 Å². The standard InChI is InChI=1S/C21H25NO2/c1-5-18(20(23)24-21(2,3)4)22-19(16-12-8-6-9-13-16)17-14-10-7-11-15-17/h6-15,18H,5H2,1-4H3/t18-/m0/s1. The van der Waals surface area contributed by atoms with Gasteiger partial charge in [-0.2, -0.15) is 0 Å². The second-order valence-electron chi connectivity index (χ2n) is 6.67. The highest BCUT2D eigenvalue weighted by atomic mass is 16.6. The Morgan fingerprint density at radius 3 is 1.79 bits per heavy atom. The molecule has 0 fully saturated rings. The average molecular weight is 323 g/mol. The van der Waals surface area contributed by atoms with E-state index in [1.54, 1.807) is 0 Å². The molecule has 1 atom stereocenters. The van der Waals surface area contributed by atoms with Crippen LogP contribution in [0.3, 0.4) is 0 Å². The van der Waals surface area contributed by atoms with Crippen LogP contribution in [-0.2, 0) is 9.53 Å². The van der Waals surface area contributed by atoms with E-state index in [-0.39, 0.29) is 5.97 Å². The summed E-state index contributed by atoms with van der Waals surface area (Å²) in [6, 6.07) is 19.4. The maximum absolute atomic E-state index is 12.5. The van der Waals surface area contributed by atoms with Crippen LogP contribution >= 0.6 is 0 Å². The number of rotatable bonds is 5. The van der Waals surface area contributed by atoms with E-state index in [1.165, 1.54) is 0 Å². The third-order valence-corrected chi connectivity index (χ3v) is 3.44. The van der Waals surface area contributed by atoms with E-state index < -0.39 is 11.6 Å². The lowest BCUT2D eigenvalue weighted by atomic mass is 10.0. The number of aliphatic imine (C=N–C) groups is 1. The summed E-state index contributed by atoms with van der Waals surface area (Å²) in [7, 11) is 0. The number of benzene rings is 2. The fourth-order valence-corrected chi connectivity index (χ4v) is 2.34. The quantitative estimate of drug-likeness (QED) is 0.594. The van der Waals surface area contributed by atoms with Crippen LogP contribution in [0.5, 0.6) is 0 Å². The lowest BCUT2D eigenvalue weighted by molar-refractivity contribution is -0.156. The number of esters is 1. The molecule has 3 heteroatoms. The van der Waals surface area contributed by atoms with Crippen LogP contribution in [0.1, 0.15) is 45.2 Å². The Balaban J connectivity index is 2.42. The first kappa shape index (κ1) is 17.9. The summed E-state index contributed by atoms with van der Waals surface area (Å²) < 4.78 is 5.52. The molecule has 0 unspecified atom stereocenters. The van der Waals surface area contributed by atoms with Crippen molar-refractivity contribution in [1.82, 2.24) is 0 Å². The van der Waals surface area contributed by atoms with Gasteiger partial charge in [-0.3, -0.25) is 4.99 Å². The molecular formula is C21H25NO2. The van der Waals surface area contributed by atoms with Gasteiger partial charge in [-0.25, -0.2) is 4.79 Å². The smallest absolute Gasteiger partial charge is 0.331 e. The van der Waals surface area contributed by atoms with Crippen molar-refractivity contribution in [3.05, 3.63) is 71.8 Å². The Kier molecular flexibility index (Phi) is 5.91. The molecule has 3 nitrogen and oxygen atoms in total. The Hall–Kier alpha value is -2.42. The van der Waals surface area contributed by atoms with Gasteiger partial charge in [0.1, 0.15) is 11.6 Å². The molecule has 0 saturated carbocycles. The topological polar surface area (TPSA) is 38.7 Å². The highest BCUT2D eigenvalue weighted by Gasteiger charge is 2.24. The van der Waals surface area contributed by atoms with Gasteiger partial charge in [-0.15, -0.1) is 0 Å². The fourth-order valence-electron chi connectivity index (χ4n) is 2.34. The molecule has 0 aliphatic carbocycles. The van der Waals surface area contributed by atoms with Gasteiger partial charge < -0.3 is 4.74 Å². The molecule has 0 aliphatic heterocycles. The zero-order chi connectivity index (χ0) is 17.6. The van der Waals surface area contributed by atoms with E-state index in [4.69, 9.17) is 9.73 Å². The predicted octanol–water partition coefficient (Wildman–Crippen LogP) is 4.64. The summed E-state index contributed by atoms with van der Waals surface area (Å²) in [5.41, 5.74) is 2.28. The van der Waals surface area contributed by atoms with Gasteiger partial charge in [-0.05, 0) is 27.2 Å². The summed E-state index contributed by atoms with van der Waals surface area (Å²) in [5.74, 6) is -0.283. The number of hydrogen-bond acceptors (Lipinski definition) is 3. The van der Waals surface area contributed by atoms with Crippen LogP contribution in [0.4, 0.5) is 0 Å². The first-order valence-electron chi connectivity index (χ1n) is 8.32. The molecular weight excluding hydrogens is 298 g/mol. The molecule has 0 bridgehead atoms. The molecule has 0 amide bonds. The monoisotopic (exact) mass is 323 g/mol. The van der Waals surface area contributed by atoms with E-state index >= 15 is 0 Å². The predicted molar refractivity (Wildman–Crippen MR) is 98.4 cm³/mol. The molecule has 126 valence electrons. The molecule has 0 aromatic heterocycles. The fraction of sp³-hybridized carbons (Fsp3) is 0.333. The van der Waals surface area contributed by atoms with Crippen molar-refractivity contribution in [3.63, 3.8) is 0 Å². The molecule has 2 aromatic rings. The van der Waals surface area contributed by atoms with E-state index in [0.717, 1.165) is 16.8 Å². The molecule has 0 heterocycles. The zero-order valence-electron chi connectivity index (χ0n) is 14.8. The average Bonchev–Trinajstić information content (AvgIpc) is 2.56. The van der Waals surface area contributed by atoms with Crippen molar-refractivity contribution < 1.29 is 9.53 Å². The third kappa shape index (κ3) is 5.05. The Morgan fingerprint density at radius 2 is 1.42 bits per heavy atom. The third-order valence-electron chi connectivity index (χ3n) is 3.44. The second kappa shape index (κ2) is 7.91. The van der Waals surface area contributed by atoms with Crippen LogP contribution in [0.25, 0.3) is 0 Å². The normalized spacial score (nSPS) is 12.3. The van der Waals surface area contributed by atoms with Crippen molar-refractivity contribution in [2.24, 2.45) is 4.99 Å². The molecule has 0 saturated heterocycles. The number of carbonyl (C=O) groups is 1. The molecule has 0 radical (unpaired) electrons. The van der Waals surface area contributed by atoms with Gasteiger partial charge in [0.2, 0.25) is 0 Å². The van der Waals surface area contributed by atoms with E-state index in [2.05, 4.69) is 0 Å². The Morgan fingerprint density at radius 1 is 0.958 bits per heavy atom. The summed E-state index contributed by atoms with van der Waals surface area (Å²) in [5, 5.41) is 0. The van der Waals surface area contributed by atoms with Gasteiger partial charge >= 0.3 is 5.97 Å². The number of hydrogen-bond donors (Lipinski definition) is 0. The highest BCUT2D eigenvalue weighted by Crippen LogP contribution is 2.16. The first-order chi connectivity index (χ1) is 11.4. The van der Waals surface area contributed by atoms with Gasteiger partial charge in [0.05, 0.1) is 5.71 Å². The largest absolute Gasteiger partial charge is 0.458 e. The van der Waals surface area contributed by atoms with Crippen molar-refractivity contribution >= 4 is 11.7 Å². The molecule has 2 rings (SSSR count). The van der Waals surface area contributed by atoms with Crippen molar-refractivity contribution in [2.75, 3.05) is 0 Å². The summed E-state index contributed by atoms with van der Waals surface area (Å²) in [6.45, 7) is 7.57. The number of carbonyl (C=O) groups excluding carboxylic acids is 1. The van der Waals surface area contributed by atoms with Gasteiger partial charge in [0.25, 0.3) is 0 Å². The van der Waals surface area contributed by atoms with Crippen LogP contribution < -0.4 is 0 Å². The Labute approximate surface area is 144 Å². The van der Waals surface area contributed by atoms with Gasteiger partial charge in [0, 0.05) is 11.1 Å². The maximum atomic E-state index is 12.5. The molecule has 24 heavy (non-hydrogen) atoms. The first-order valence-corrected chi connectivity index (χ1v) is 8.32. The van der Waals surface area contributed by atoms with Crippen LogP contribution in [0.15, 0.2) is 65.7 Å². The molecule has 0 aliphatic rings. The SMILES string of the molecule is CC[C@H](N=C(c1ccccc1)c1ccccc1)C(=O)OC(C)(C)C. The van der Waals surface area contributed by atoms with Gasteiger partial charge in [-0.1, -0.05) is 67.6 Å². The lowest BCUT2D eigenvalue weighted by Crippen LogP contribution is -2.31. The molecule has 0 spiro atoms. The lowest BCUT2D eigenvalue weighted by Gasteiger charge is -2.22. The Bertz CT molecular complexity index is 643. The number of ether oxygens (including phenoxy) is 1. The highest BCUT2D eigenvalue weighted by molar-refractivity contribution is 6.13. The summed E-state index contributed by atoms with van der Waals surface area (Å²) >= 11 is 0. The summed E-state index contributed by atoms with van der Waals surface area (Å²) in [6.07, 6.45) is 0.595. The van der Waals surface area contributed by atoms with E-state index in [0.29, 0.717) is 6.42 Å². The maximum Gasteiger partial charge on any atom is 0.331 e. The minimum absolute atomic E-state index is 0.283. The minimum atomic E-state index is -0.514.